The molecule has 19 heavy (non-hydrogen) atoms. The summed E-state index contributed by atoms with van der Waals surface area (Å²) >= 11 is 0. The summed E-state index contributed by atoms with van der Waals surface area (Å²) in [4.78, 5) is 25.7. The second kappa shape index (κ2) is 17.4. The molecule has 0 aromatic rings. The Bertz CT molecular complexity index is 242. The van der Waals surface area contributed by atoms with Crippen molar-refractivity contribution in [2.45, 2.75) is 13.8 Å². The van der Waals surface area contributed by atoms with E-state index in [2.05, 4.69) is 11.1 Å². The molecular weight excluding hydrogens is 279 g/mol. The van der Waals surface area contributed by atoms with Crippen molar-refractivity contribution in [1.29, 1.82) is 0 Å². The fraction of sp³-hybridized carbons (Fsp3) is 0.700. The molecule has 0 saturated carbocycles. The number of phosphoric ester groups is 1. The molecule has 0 atom stereocenters. The van der Waals surface area contributed by atoms with Crippen LogP contribution in [0.15, 0.2) is 12.7 Å². The third-order valence-electron chi connectivity index (χ3n) is 1.12. The quantitative estimate of drug-likeness (QED) is 0.377. The third-order valence-corrected chi connectivity index (χ3v) is 1.61. The molecule has 0 saturated heterocycles. The number of rotatable bonds is 7. The van der Waals surface area contributed by atoms with Gasteiger partial charge in [-0.1, -0.05) is 6.08 Å². The maximum atomic E-state index is 9.81. The van der Waals surface area contributed by atoms with E-state index in [1.807, 2.05) is 13.8 Å². The van der Waals surface area contributed by atoms with Crippen LogP contribution in [0, 0.1) is 0 Å². The molecule has 8 nitrogen and oxygen atoms in total. The van der Waals surface area contributed by atoms with Gasteiger partial charge in [-0.3, -0.25) is 9.32 Å². The predicted octanol–water partition coefficient (Wildman–Crippen LogP) is -0.135. The Balaban J connectivity index is -0.000000209. The maximum absolute atomic E-state index is 9.81. The van der Waals surface area contributed by atoms with E-state index in [4.69, 9.17) is 24.7 Å². The van der Waals surface area contributed by atoms with Gasteiger partial charge in [0.2, 0.25) is 0 Å². The van der Waals surface area contributed by atoms with E-state index in [1.54, 1.807) is 0 Å². The average molecular weight is 302 g/mol. The molecule has 0 radical (unpaired) electrons. The number of Topliss-reactive ketones (excluding diaryl/α,β-unsaturated/α-hetero) is 1. The van der Waals surface area contributed by atoms with Crippen LogP contribution in [0.4, 0.5) is 0 Å². The Morgan fingerprint density at radius 2 is 1.63 bits per heavy atom. The summed E-state index contributed by atoms with van der Waals surface area (Å²) in [7, 11) is -4.25. The van der Waals surface area contributed by atoms with Crippen LogP contribution in [-0.2, 0) is 18.6 Å². The molecule has 0 aliphatic rings. The van der Waals surface area contributed by atoms with Gasteiger partial charge in [0.1, 0.15) is 13.2 Å². The van der Waals surface area contributed by atoms with E-state index in [1.165, 1.54) is 6.08 Å². The summed E-state index contributed by atoms with van der Waals surface area (Å²) in [5, 5.41) is 15.7. The Kier molecular flexibility index (Phi) is 21.5. The number of aliphatic hydroxyl groups is 2. The van der Waals surface area contributed by atoms with Crippen LogP contribution in [0.5, 0.6) is 0 Å². The molecule has 0 aromatic heterocycles. The molecule has 0 fully saturated rings. The lowest BCUT2D eigenvalue weighted by atomic mass is 10.5. The number of ketones is 1. The first-order chi connectivity index (χ1) is 8.78. The lowest BCUT2D eigenvalue weighted by Gasteiger charge is -1.98. The van der Waals surface area contributed by atoms with Gasteiger partial charge in [0.25, 0.3) is 0 Å². The van der Waals surface area contributed by atoms with E-state index in [0.717, 1.165) is 13.2 Å². The molecule has 0 amide bonds. The molecule has 0 aromatic carbocycles. The Morgan fingerprint density at radius 1 is 1.21 bits per heavy atom. The second-order valence-electron chi connectivity index (χ2n) is 2.71. The van der Waals surface area contributed by atoms with Crippen LogP contribution in [-0.4, -0.2) is 58.8 Å². The zero-order chi connectivity index (χ0) is 15.7. The van der Waals surface area contributed by atoms with E-state index in [9.17, 15) is 9.36 Å². The summed E-state index contributed by atoms with van der Waals surface area (Å²) in [5.41, 5.74) is 0. The molecule has 0 aliphatic heterocycles. The summed E-state index contributed by atoms with van der Waals surface area (Å²) < 4.78 is 18.6. The van der Waals surface area contributed by atoms with E-state index < -0.39 is 26.8 Å². The highest BCUT2D eigenvalue weighted by Crippen LogP contribution is 2.35. The van der Waals surface area contributed by atoms with Gasteiger partial charge in [-0.15, -0.1) is 6.58 Å². The van der Waals surface area contributed by atoms with Crippen molar-refractivity contribution in [3.05, 3.63) is 12.7 Å². The SMILES string of the molecule is C=CCOP(=O)(O)O.CCOCC.O=C(CO)CO. The third kappa shape index (κ3) is 38.2. The summed E-state index contributed by atoms with van der Waals surface area (Å²) in [6.45, 7) is 7.62. The fourth-order valence-electron chi connectivity index (χ4n) is 0.404. The molecule has 0 aliphatic carbocycles. The highest BCUT2D eigenvalue weighted by molar-refractivity contribution is 7.46. The smallest absolute Gasteiger partial charge is 0.388 e. The first kappa shape index (κ1) is 23.5. The van der Waals surface area contributed by atoms with Crippen molar-refractivity contribution in [3.8, 4) is 0 Å². The van der Waals surface area contributed by atoms with Gasteiger partial charge >= 0.3 is 7.82 Å². The first-order valence-corrected chi connectivity index (χ1v) is 6.94. The monoisotopic (exact) mass is 302 g/mol. The van der Waals surface area contributed by atoms with Crippen molar-refractivity contribution in [3.63, 3.8) is 0 Å². The van der Waals surface area contributed by atoms with Crippen LogP contribution in [0.3, 0.4) is 0 Å². The van der Waals surface area contributed by atoms with Crippen LogP contribution < -0.4 is 0 Å². The standard InChI is InChI=1S/C4H10O.C3H7O4P.C3H6O3/c1-3-5-4-2;1-2-3-7-8(4,5)6;4-1-3(6)2-5/h3-4H2,1-2H3;2H,1,3H2,(H2,4,5,6);4-5H,1-2H2. The molecular formula is C10H23O8P. The number of hydrogen-bond donors (Lipinski definition) is 4. The normalized spacial score (nSPS) is 9.58. The van der Waals surface area contributed by atoms with Crippen molar-refractivity contribution in [2.24, 2.45) is 0 Å². The highest BCUT2D eigenvalue weighted by atomic mass is 31.2. The highest BCUT2D eigenvalue weighted by Gasteiger charge is 2.10. The van der Waals surface area contributed by atoms with Crippen molar-refractivity contribution < 1.29 is 38.6 Å². The van der Waals surface area contributed by atoms with Gasteiger partial charge < -0.3 is 24.7 Å². The molecule has 0 bridgehead atoms. The minimum absolute atomic E-state index is 0.121. The van der Waals surface area contributed by atoms with Crippen LogP contribution in [0.25, 0.3) is 0 Å². The van der Waals surface area contributed by atoms with Gasteiger partial charge in [0, 0.05) is 13.2 Å². The predicted molar refractivity (Wildman–Crippen MR) is 69.5 cm³/mol. The van der Waals surface area contributed by atoms with Crippen molar-refractivity contribution >= 4 is 13.6 Å². The molecule has 0 unspecified atom stereocenters. The zero-order valence-electron chi connectivity index (χ0n) is 11.2. The molecule has 116 valence electrons. The van der Waals surface area contributed by atoms with Gasteiger partial charge in [-0.05, 0) is 13.8 Å². The lowest BCUT2D eigenvalue weighted by molar-refractivity contribution is -0.124. The van der Waals surface area contributed by atoms with Gasteiger partial charge in [0.05, 0.1) is 6.61 Å². The molecule has 9 heteroatoms. The Labute approximate surface area is 112 Å². The Hall–Kier alpha value is -0.600. The van der Waals surface area contributed by atoms with Gasteiger partial charge in [-0.25, -0.2) is 4.57 Å². The minimum Gasteiger partial charge on any atom is -0.388 e. The largest absolute Gasteiger partial charge is 0.469 e. The van der Waals surface area contributed by atoms with Gasteiger partial charge in [0.15, 0.2) is 5.78 Å². The lowest BCUT2D eigenvalue weighted by Crippen LogP contribution is -2.07. The summed E-state index contributed by atoms with van der Waals surface area (Å²) in [5.74, 6) is -0.546. The van der Waals surface area contributed by atoms with E-state index in [0.29, 0.717) is 0 Å². The number of aliphatic hydroxyl groups excluding tert-OH is 2. The number of ether oxygens (including phenoxy) is 1. The van der Waals surface area contributed by atoms with E-state index in [-0.39, 0.29) is 6.61 Å². The number of carbonyl (C=O) groups is 1. The first-order valence-electron chi connectivity index (χ1n) is 5.41. The number of hydrogen-bond acceptors (Lipinski definition) is 6. The summed E-state index contributed by atoms with van der Waals surface area (Å²) in [6.07, 6.45) is 1.26. The summed E-state index contributed by atoms with van der Waals surface area (Å²) in [6, 6.07) is 0. The van der Waals surface area contributed by atoms with Crippen LogP contribution in [0.1, 0.15) is 13.8 Å². The maximum Gasteiger partial charge on any atom is 0.469 e. The Morgan fingerprint density at radius 3 is 1.68 bits per heavy atom. The van der Waals surface area contributed by atoms with Crippen LogP contribution in [0.2, 0.25) is 0 Å². The molecule has 0 rings (SSSR count). The topological polar surface area (TPSA) is 134 Å². The van der Waals surface area contributed by atoms with Crippen molar-refractivity contribution in [2.75, 3.05) is 33.0 Å². The molecule has 4 N–H and O–H groups in total. The van der Waals surface area contributed by atoms with E-state index >= 15 is 0 Å². The zero-order valence-corrected chi connectivity index (χ0v) is 12.1. The molecule has 0 spiro atoms. The van der Waals surface area contributed by atoms with Crippen LogP contribution >= 0.6 is 7.82 Å². The minimum atomic E-state index is -4.25. The molecule has 0 heterocycles. The number of carbonyl (C=O) groups excluding carboxylic acids is 1. The van der Waals surface area contributed by atoms with Crippen molar-refractivity contribution in [1.82, 2.24) is 0 Å². The average Bonchev–Trinajstić information content (AvgIpc) is 2.37. The number of phosphoric acid groups is 1. The fourth-order valence-corrected chi connectivity index (χ4v) is 0.704. The van der Waals surface area contributed by atoms with Gasteiger partial charge in [-0.2, -0.15) is 0 Å². The second-order valence-corrected chi connectivity index (χ2v) is 3.95.